The molecule has 0 radical (unpaired) electrons. The highest BCUT2D eigenvalue weighted by Gasteiger charge is 2.44. The van der Waals surface area contributed by atoms with Crippen LogP contribution in [0.1, 0.15) is 48.5 Å². The fraction of sp³-hybridized carbons (Fsp3) is 0.520. The minimum Gasteiger partial charge on any atom is -0.490 e. The highest BCUT2D eigenvalue weighted by atomic mass is 35.5. The van der Waals surface area contributed by atoms with Crippen molar-refractivity contribution in [2.75, 3.05) is 6.61 Å². The molecule has 33 heavy (non-hydrogen) atoms. The van der Waals surface area contributed by atoms with Gasteiger partial charge < -0.3 is 35.0 Å². The number of aliphatic hydroxyl groups excluding tert-OH is 5. The lowest BCUT2D eigenvalue weighted by molar-refractivity contribution is -0.231. The van der Waals surface area contributed by atoms with Gasteiger partial charge in [-0.15, -0.1) is 0 Å². The predicted octanol–water partition coefficient (Wildman–Crippen LogP) is 2.13. The number of halogens is 1. The summed E-state index contributed by atoms with van der Waals surface area (Å²) < 4.78 is 11.7. The molecule has 1 aliphatic heterocycles. The molecule has 0 unspecified atom stereocenters. The van der Waals surface area contributed by atoms with Gasteiger partial charge in [0.25, 0.3) is 0 Å². The second-order valence-corrected chi connectivity index (χ2v) is 9.38. The molecule has 0 aromatic heterocycles. The number of aliphatic hydroxyl groups is 5. The summed E-state index contributed by atoms with van der Waals surface area (Å²) in [6, 6.07) is 13.0. The van der Waals surface area contributed by atoms with E-state index in [1.807, 2.05) is 30.3 Å². The monoisotopic (exact) mass is 478 g/mol. The molecule has 0 bridgehead atoms. The molecule has 2 aromatic rings. The zero-order chi connectivity index (χ0) is 23.5. The Bertz CT molecular complexity index is 911. The molecular weight excluding hydrogens is 448 g/mol. The van der Waals surface area contributed by atoms with Gasteiger partial charge in [-0.25, -0.2) is 0 Å². The van der Waals surface area contributed by atoms with E-state index in [0.29, 0.717) is 17.0 Å². The largest absolute Gasteiger partial charge is 0.490 e. The molecule has 0 amide bonds. The van der Waals surface area contributed by atoms with Crippen LogP contribution in [-0.2, 0) is 11.2 Å². The molecule has 0 spiro atoms. The van der Waals surface area contributed by atoms with Gasteiger partial charge in [-0.2, -0.15) is 0 Å². The Labute approximate surface area is 198 Å². The number of hydrogen-bond donors (Lipinski definition) is 5. The van der Waals surface area contributed by atoms with E-state index in [9.17, 15) is 25.5 Å². The van der Waals surface area contributed by atoms with E-state index in [1.54, 1.807) is 12.1 Å². The Balaban J connectivity index is 1.45. The van der Waals surface area contributed by atoms with Gasteiger partial charge in [-0.3, -0.25) is 0 Å². The summed E-state index contributed by atoms with van der Waals surface area (Å²) in [4.78, 5) is 0. The molecule has 1 aliphatic carbocycles. The summed E-state index contributed by atoms with van der Waals surface area (Å²) in [7, 11) is 0. The van der Waals surface area contributed by atoms with E-state index >= 15 is 0 Å². The lowest BCUT2D eigenvalue weighted by atomic mass is 9.90. The maximum atomic E-state index is 10.4. The summed E-state index contributed by atoms with van der Waals surface area (Å²) in [5.74, 6) is 0.793. The molecule has 2 aliphatic rings. The zero-order valence-corrected chi connectivity index (χ0v) is 19.0. The third kappa shape index (κ3) is 5.69. The lowest BCUT2D eigenvalue weighted by Gasteiger charge is -2.40. The van der Waals surface area contributed by atoms with Crippen molar-refractivity contribution in [3.63, 3.8) is 0 Å². The van der Waals surface area contributed by atoms with Gasteiger partial charge in [-0.1, -0.05) is 35.9 Å². The van der Waals surface area contributed by atoms with E-state index in [4.69, 9.17) is 21.1 Å². The van der Waals surface area contributed by atoms with Gasteiger partial charge in [0.15, 0.2) is 0 Å². The van der Waals surface area contributed by atoms with E-state index in [1.165, 1.54) is 0 Å². The number of rotatable bonds is 6. The van der Waals surface area contributed by atoms with Crippen molar-refractivity contribution in [2.45, 2.75) is 74.8 Å². The van der Waals surface area contributed by atoms with Crippen molar-refractivity contribution in [1.29, 1.82) is 0 Å². The smallest absolute Gasteiger partial charge is 0.119 e. The fourth-order valence-corrected chi connectivity index (χ4v) is 4.73. The maximum absolute atomic E-state index is 10.4. The van der Waals surface area contributed by atoms with Crippen LogP contribution in [0.4, 0.5) is 0 Å². The minimum atomic E-state index is -1.43. The third-order valence-corrected chi connectivity index (χ3v) is 6.92. The summed E-state index contributed by atoms with van der Waals surface area (Å²) in [6.45, 7) is -0.474. The van der Waals surface area contributed by atoms with Gasteiger partial charge in [0.2, 0.25) is 0 Å². The van der Waals surface area contributed by atoms with Gasteiger partial charge in [0.1, 0.15) is 36.3 Å². The SMILES string of the molecule is OC[C@H]1O[C@@H](c2ccc(Cl)c(Cc3ccc(OC4CCC(O)CC4)cc3)c2)[C@H](O)[C@@H](O)[C@@H]1O. The topological polar surface area (TPSA) is 120 Å². The van der Waals surface area contributed by atoms with Crippen molar-refractivity contribution in [3.05, 3.63) is 64.2 Å². The zero-order valence-electron chi connectivity index (χ0n) is 18.3. The van der Waals surface area contributed by atoms with Crippen LogP contribution in [0.3, 0.4) is 0 Å². The first-order chi connectivity index (χ1) is 15.9. The van der Waals surface area contributed by atoms with Crippen molar-refractivity contribution in [3.8, 4) is 5.75 Å². The molecule has 1 saturated heterocycles. The summed E-state index contributed by atoms with van der Waals surface area (Å²) >= 11 is 6.42. The molecule has 1 saturated carbocycles. The van der Waals surface area contributed by atoms with Crippen LogP contribution in [0.15, 0.2) is 42.5 Å². The summed E-state index contributed by atoms with van der Waals surface area (Å²) in [5, 5.41) is 50.2. The molecule has 5 atom stereocenters. The average molecular weight is 479 g/mol. The second-order valence-electron chi connectivity index (χ2n) is 8.97. The van der Waals surface area contributed by atoms with Crippen molar-refractivity contribution < 1.29 is 35.0 Å². The van der Waals surface area contributed by atoms with E-state index < -0.39 is 37.1 Å². The van der Waals surface area contributed by atoms with Crippen LogP contribution < -0.4 is 4.74 Å². The standard InChI is InChI=1S/C25H31ClO7/c26-20-10-3-15(25-24(31)23(30)22(29)21(13-27)33-25)12-16(20)11-14-1-6-18(7-2-14)32-19-8-4-17(28)5-9-19/h1-3,6-7,10,12,17,19,21-25,27-31H,4-5,8-9,11,13H2/t17?,19?,21-,22-,23+,24-,25+/m1/s1. The molecule has 5 N–H and O–H groups in total. The Kier molecular flexibility index (Phi) is 7.91. The molecule has 2 aromatic carbocycles. The van der Waals surface area contributed by atoms with Gasteiger partial charge in [0, 0.05) is 5.02 Å². The number of ether oxygens (including phenoxy) is 2. The van der Waals surface area contributed by atoms with E-state index in [0.717, 1.165) is 42.6 Å². The normalized spacial score (nSPS) is 32.5. The molecule has 4 rings (SSSR count). The third-order valence-electron chi connectivity index (χ3n) is 6.55. The highest BCUT2D eigenvalue weighted by molar-refractivity contribution is 6.31. The van der Waals surface area contributed by atoms with Gasteiger partial charge >= 0.3 is 0 Å². The van der Waals surface area contributed by atoms with Crippen LogP contribution in [0.2, 0.25) is 5.02 Å². The minimum absolute atomic E-state index is 0.129. The molecule has 8 heteroatoms. The van der Waals surface area contributed by atoms with Crippen LogP contribution in [0, 0.1) is 0 Å². The Morgan fingerprint density at radius 1 is 0.879 bits per heavy atom. The van der Waals surface area contributed by atoms with Crippen LogP contribution >= 0.6 is 11.6 Å². The predicted molar refractivity (Wildman–Crippen MR) is 122 cm³/mol. The van der Waals surface area contributed by atoms with Gasteiger partial charge in [-0.05, 0) is 67.0 Å². The first-order valence-electron chi connectivity index (χ1n) is 11.4. The first-order valence-corrected chi connectivity index (χ1v) is 11.8. The first kappa shape index (κ1) is 24.4. The Morgan fingerprint density at radius 3 is 2.24 bits per heavy atom. The molecule has 7 nitrogen and oxygen atoms in total. The average Bonchev–Trinajstić information content (AvgIpc) is 2.82. The van der Waals surface area contributed by atoms with E-state index in [2.05, 4.69) is 0 Å². The Morgan fingerprint density at radius 2 is 1.58 bits per heavy atom. The van der Waals surface area contributed by atoms with Crippen molar-refractivity contribution in [2.24, 2.45) is 0 Å². The molecule has 180 valence electrons. The second kappa shape index (κ2) is 10.7. The van der Waals surface area contributed by atoms with E-state index in [-0.39, 0.29) is 12.2 Å². The number of benzene rings is 2. The molecule has 1 heterocycles. The van der Waals surface area contributed by atoms with Crippen molar-refractivity contribution >= 4 is 11.6 Å². The number of hydrogen-bond acceptors (Lipinski definition) is 7. The maximum Gasteiger partial charge on any atom is 0.119 e. The fourth-order valence-electron chi connectivity index (χ4n) is 4.55. The van der Waals surface area contributed by atoms with Crippen LogP contribution in [0.5, 0.6) is 5.75 Å². The summed E-state index contributed by atoms with van der Waals surface area (Å²) in [5.41, 5.74) is 2.45. The highest BCUT2D eigenvalue weighted by Crippen LogP contribution is 2.34. The van der Waals surface area contributed by atoms with Crippen LogP contribution in [-0.4, -0.2) is 68.8 Å². The summed E-state index contributed by atoms with van der Waals surface area (Å²) in [6.07, 6.45) is -2.33. The lowest BCUT2D eigenvalue weighted by Crippen LogP contribution is -2.55. The van der Waals surface area contributed by atoms with Crippen LogP contribution in [0.25, 0.3) is 0 Å². The quantitative estimate of drug-likeness (QED) is 0.431. The van der Waals surface area contributed by atoms with Crippen molar-refractivity contribution in [1.82, 2.24) is 0 Å². The Hall–Kier alpha value is -1.71. The molecule has 2 fully saturated rings. The van der Waals surface area contributed by atoms with Gasteiger partial charge in [0.05, 0.1) is 18.8 Å². The molecular formula is C25H31ClO7.